The first-order valence-electron chi connectivity index (χ1n) is 6.17. The quantitative estimate of drug-likeness (QED) is 0.873. The summed E-state index contributed by atoms with van der Waals surface area (Å²) >= 11 is 1.82. The van der Waals surface area contributed by atoms with Crippen LogP contribution in [0, 0.1) is 0 Å². The Morgan fingerprint density at radius 2 is 2.22 bits per heavy atom. The highest BCUT2D eigenvalue weighted by atomic mass is 32.2. The van der Waals surface area contributed by atoms with Gasteiger partial charge in [-0.05, 0) is 19.1 Å². The van der Waals surface area contributed by atoms with Gasteiger partial charge in [0, 0.05) is 29.8 Å². The largest absolute Gasteiger partial charge is 0.367 e. The number of rotatable bonds is 4. The maximum absolute atomic E-state index is 11.9. The molecule has 1 fully saturated rings. The second-order valence-electron chi connectivity index (χ2n) is 4.70. The maximum atomic E-state index is 11.9. The molecule has 98 valence electrons. The summed E-state index contributed by atoms with van der Waals surface area (Å²) in [6.45, 7) is 0.640. The predicted molar refractivity (Wildman–Crippen MR) is 74.1 cm³/mol. The van der Waals surface area contributed by atoms with Crippen molar-refractivity contribution in [3.63, 3.8) is 0 Å². The fraction of sp³-hybridized carbons (Fsp3) is 0.538. The normalized spacial score (nSPS) is 17.6. The number of H-pyrrole nitrogens is 1. The average Bonchev–Trinajstić information content (AvgIpc) is 2.86. The van der Waals surface area contributed by atoms with Crippen LogP contribution in [0.25, 0.3) is 0 Å². The molecule has 0 radical (unpaired) electrons. The Balaban J connectivity index is 2.00. The number of carbonyl (C=O) groups is 1. The number of aromatic nitrogens is 1. The van der Waals surface area contributed by atoms with E-state index < -0.39 is 0 Å². The Bertz CT molecular complexity index is 478. The van der Waals surface area contributed by atoms with Crippen LogP contribution in [-0.2, 0) is 0 Å². The first-order chi connectivity index (χ1) is 8.67. The molecule has 0 atom stereocenters. The summed E-state index contributed by atoms with van der Waals surface area (Å²) < 4.78 is 0.164. The highest BCUT2D eigenvalue weighted by Crippen LogP contribution is 2.39. The number of pyridine rings is 1. The molecule has 4 nitrogen and oxygen atoms in total. The molecule has 18 heavy (non-hydrogen) atoms. The minimum atomic E-state index is -0.280. The van der Waals surface area contributed by atoms with E-state index in [1.807, 2.05) is 11.8 Å². The molecule has 5 heteroatoms. The van der Waals surface area contributed by atoms with Gasteiger partial charge in [-0.3, -0.25) is 9.59 Å². The molecule has 1 aliphatic carbocycles. The van der Waals surface area contributed by atoms with E-state index in [2.05, 4.69) is 16.6 Å². The third kappa shape index (κ3) is 2.77. The van der Waals surface area contributed by atoms with Crippen LogP contribution >= 0.6 is 11.8 Å². The second kappa shape index (κ2) is 5.61. The minimum absolute atomic E-state index is 0.164. The Labute approximate surface area is 111 Å². The Morgan fingerprint density at radius 3 is 2.83 bits per heavy atom. The summed E-state index contributed by atoms with van der Waals surface area (Å²) in [5, 5.41) is 2.89. The number of amides is 1. The van der Waals surface area contributed by atoms with Gasteiger partial charge in [0.05, 0.1) is 0 Å². The highest BCUT2D eigenvalue weighted by Gasteiger charge is 2.33. The Hall–Kier alpha value is -1.23. The summed E-state index contributed by atoms with van der Waals surface area (Å²) in [4.78, 5) is 26.2. The summed E-state index contributed by atoms with van der Waals surface area (Å²) in [6.07, 6.45) is 9.80. The van der Waals surface area contributed by atoms with Crippen LogP contribution in [0.2, 0.25) is 0 Å². The molecule has 1 aromatic heterocycles. The lowest BCUT2D eigenvalue weighted by molar-refractivity contribution is 0.0948. The van der Waals surface area contributed by atoms with Crippen LogP contribution in [0.4, 0.5) is 0 Å². The van der Waals surface area contributed by atoms with E-state index in [1.165, 1.54) is 31.3 Å². The maximum Gasteiger partial charge on any atom is 0.256 e. The summed E-state index contributed by atoms with van der Waals surface area (Å²) in [5.41, 5.74) is -0.0531. The third-order valence-corrected chi connectivity index (χ3v) is 5.01. The van der Waals surface area contributed by atoms with Gasteiger partial charge in [0.15, 0.2) is 5.43 Å². The van der Waals surface area contributed by atoms with Crippen molar-refractivity contribution in [2.24, 2.45) is 0 Å². The van der Waals surface area contributed by atoms with Gasteiger partial charge in [-0.15, -0.1) is 0 Å². The molecule has 1 amide bonds. The second-order valence-corrected chi connectivity index (χ2v) is 5.97. The van der Waals surface area contributed by atoms with Gasteiger partial charge in [-0.25, -0.2) is 0 Å². The smallest absolute Gasteiger partial charge is 0.256 e. The van der Waals surface area contributed by atoms with E-state index in [9.17, 15) is 9.59 Å². The zero-order valence-corrected chi connectivity index (χ0v) is 11.3. The lowest BCUT2D eigenvalue weighted by atomic mass is 10.1. The lowest BCUT2D eigenvalue weighted by Gasteiger charge is -2.26. The molecule has 2 N–H and O–H groups in total. The lowest BCUT2D eigenvalue weighted by Crippen LogP contribution is -2.39. The van der Waals surface area contributed by atoms with E-state index in [4.69, 9.17) is 0 Å². The monoisotopic (exact) mass is 266 g/mol. The summed E-state index contributed by atoms with van der Waals surface area (Å²) in [7, 11) is 0. The van der Waals surface area contributed by atoms with Crippen LogP contribution in [0.1, 0.15) is 36.0 Å². The molecular formula is C13H18N2O2S. The molecular weight excluding hydrogens is 248 g/mol. The zero-order valence-electron chi connectivity index (χ0n) is 10.5. The Morgan fingerprint density at radius 1 is 1.50 bits per heavy atom. The van der Waals surface area contributed by atoms with Crippen LogP contribution < -0.4 is 10.7 Å². The van der Waals surface area contributed by atoms with E-state index >= 15 is 0 Å². The van der Waals surface area contributed by atoms with Gasteiger partial charge in [-0.2, -0.15) is 11.8 Å². The van der Waals surface area contributed by atoms with Crippen molar-refractivity contribution in [2.45, 2.75) is 30.4 Å². The number of thioether (sulfide) groups is 1. The summed E-state index contributed by atoms with van der Waals surface area (Å²) in [6, 6.07) is 1.37. The van der Waals surface area contributed by atoms with Crippen molar-refractivity contribution in [2.75, 3.05) is 12.8 Å². The molecule has 0 spiro atoms. The summed E-state index contributed by atoms with van der Waals surface area (Å²) in [5.74, 6) is -0.280. The fourth-order valence-electron chi connectivity index (χ4n) is 2.40. The average molecular weight is 266 g/mol. The highest BCUT2D eigenvalue weighted by molar-refractivity contribution is 8.00. The molecule has 1 aromatic rings. The van der Waals surface area contributed by atoms with E-state index in [1.54, 1.807) is 0 Å². The fourth-order valence-corrected chi connectivity index (χ4v) is 3.32. The number of hydrogen-bond donors (Lipinski definition) is 2. The molecule has 0 aromatic carbocycles. The van der Waals surface area contributed by atoms with Crippen molar-refractivity contribution in [1.82, 2.24) is 10.3 Å². The molecule has 1 saturated carbocycles. The van der Waals surface area contributed by atoms with Gasteiger partial charge in [0.25, 0.3) is 5.91 Å². The van der Waals surface area contributed by atoms with E-state index in [0.717, 1.165) is 12.8 Å². The van der Waals surface area contributed by atoms with Crippen molar-refractivity contribution in [3.8, 4) is 0 Å². The first kappa shape index (κ1) is 13.2. The number of aromatic amines is 1. The standard InChI is InChI=1S/C13H18N2O2S/c1-18-13(5-2-3-6-13)9-15-12(17)10-8-14-7-4-11(10)16/h4,7-8H,2-3,5-6,9H2,1H3,(H,14,16)(H,15,17). The van der Waals surface area contributed by atoms with Gasteiger partial charge >= 0.3 is 0 Å². The van der Waals surface area contributed by atoms with Crippen molar-refractivity contribution >= 4 is 17.7 Å². The van der Waals surface area contributed by atoms with Crippen molar-refractivity contribution in [3.05, 3.63) is 34.2 Å². The van der Waals surface area contributed by atoms with Crippen LogP contribution in [0.3, 0.4) is 0 Å². The molecule has 2 rings (SSSR count). The third-order valence-electron chi connectivity index (χ3n) is 3.59. The molecule has 1 aliphatic rings. The van der Waals surface area contributed by atoms with Crippen LogP contribution in [-0.4, -0.2) is 28.4 Å². The van der Waals surface area contributed by atoms with Gasteiger partial charge in [-0.1, -0.05) is 12.8 Å². The molecule has 0 aliphatic heterocycles. The Kier molecular flexibility index (Phi) is 4.11. The molecule has 0 bridgehead atoms. The molecule has 0 unspecified atom stereocenters. The first-order valence-corrected chi connectivity index (χ1v) is 7.40. The van der Waals surface area contributed by atoms with Crippen molar-refractivity contribution < 1.29 is 4.79 Å². The number of carbonyl (C=O) groups excluding carboxylic acids is 1. The van der Waals surface area contributed by atoms with E-state index in [0.29, 0.717) is 6.54 Å². The van der Waals surface area contributed by atoms with E-state index in [-0.39, 0.29) is 21.6 Å². The predicted octanol–water partition coefficient (Wildman–Crippen LogP) is 1.78. The minimum Gasteiger partial charge on any atom is -0.367 e. The molecule has 1 heterocycles. The number of hydrogen-bond acceptors (Lipinski definition) is 3. The van der Waals surface area contributed by atoms with Crippen molar-refractivity contribution in [1.29, 1.82) is 0 Å². The zero-order chi connectivity index (χ0) is 13.0. The van der Waals surface area contributed by atoms with Crippen LogP contribution in [0.5, 0.6) is 0 Å². The van der Waals surface area contributed by atoms with Gasteiger partial charge in [0.1, 0.15) is 5.56 Å². The van der Waals surface area contributed by atoms with Gasteiger partial charge < -0.3 is 10.3 Å². The van der Waals surface area contributed by atoms with Gasteiger partial charge in [0.2, 0.25) is 0 Å². The number of nitrogens with one attached hydrogen (secondary N) is 2. The SMILES string of the molecule is CSC1(CNC(=O)c2c[nH]ccc2=O)CCCC1. The topological polar surface area (TPSA) is 62.0 Å². The molecule has 0 saturated heterocycles. The van der Waals surface area contributed by atoms with Crippen LogP contribution in [0.15, 0.2) is 23.3 Å².